The van der Waals surface area contributed by atoms with Crippen LogP contribution in [0.4, 0.5) is 13.2 Å². The normalized spacial score (nSPS) is 11.3. The average Bonchev–Trinajstić information content (AvgIpc) is 3.14. The fraction of sp³-hybridized carbons (Fsp3) is 0.100. The Balaban J connectivity index is 0.000000279. The first kappa shape index (κ1) is 19.4. The second-order valence-electron chi connectivity index (χ2n) is 6.01. The molecule has 28 heavy (non-hydrogen) atoms. The molecule has 0 aliphatic carbocycles. The van der Waals surface area contributed by atoms with Gasteiger partial charge in [-0.05, 0) is 51.7 Å². The molecule has 3 N–H and O–H groups in total. The number of nitrogens with two attached hydrogens (primary N) is 1. The number of alkyl halides is 3. The van der Waals surface area contributed by atoms with E-state index in [2.05, 4.69) is 53.6 Å². The zero-order chi connectivity index (χ0) is 20.3. The molecule has 0 bridgehead atoms. The van der Waals surface area contributed by atoms with Crippen molar-refractivity contribution < 1.29 is 23.1 Å². The van der Waals surface area contributed by atoms with E-state index < -0.39 is 12.1 Å². The summed E-state index contributed by atoms with van der Waals surface area (Å²) in [5.41, 5.74) is 10.2. The lowest BCUT2D eigenvalue weighted by molar-refractivity contribution is -0.192. The van der Waals surface area contributed by atoms with E-state index in [1.165, 1.54) is 21.9 Å². The number of hydrogen-bond donors (Lipinski definition) is 2. The maximum absolute atomic E-state index is 10.6. The van der Waals surface area contributed by atoms with E-state index in [4.69, 9.17) is 15.6 Å². The van der Waals surface area contributed by atoms with Crippen molar-refractivity contribution in [3.8, 4) is 11.1 Å². The fourth-order valence-electron chi connectivity index (χ4n) is 2.69. The number of nitrogens with zero attached hydrogens (tertiary/aromatic N) is 2. The number of aromatic nitrogens is 2. The Hall–Kier alpha value is -3.39. The predicted molar refractivity (Wildman–Crippen MR) is 99.7 cm³/mol. The quantitative estimate of drug-likeness (QED) is 0.539. The van der Waals surface area contributed by atoms with Gasteiger partial charge in [-0.2, -0.15) is 13.2 Å². The second-order valence-corrected chi connectivity index (χ2v) is 6.01. The van der Waals surface area contributed by atoms with Gasteiger partial charge in [0.2, 0.25) is 0 Å². The van der Waals surface area contributed by atoms with E-state index in [9.17, 15) is 13.2 Å². The molecule has 0 aliphatic rings. The molecule has 8 heteroatoms. The monoisotopic (exact) mass is 387 g/mol. The molecule has 2 aromatic carbocycles. The average molecular weight is 387 g/mol. The first-order valence-corrected chi connectivity index (χ1v) is 8.24. The van der Waals surface area contributed by atoms with Crippen LogP contribution in [0.5, 0.6) is 0 Å². The van der Waals surface area contributed by atoms with Gasteiger partial charge in [0.25, 0.3) is 0 Å². The molecule has 0 fully saturated rings. The Morgan fingerprint density at radius 1 is 1.04 bits per heavy atom. The van der Waals surface area contributed by atoms with Gasteiger partial charge in [0.15, 0.2) is 0 Å². The van der Waals surface area contributed by atoms with Gasteiger partial charge in [-0.15, -0.1) is 0 Å². The van der Waals surface area contributed by atoms with Crippen molar-refractivity contribution in [1.82, 2.24) is 9.38 Å². The van der Waals surface area contributed by atoms with Gasteiger partial charge in [0.1, 0.15) is 5.65 Å². The lowest BCUT2D eigenvalue weighted by Crippen LogP contribution is -2.21. The smallest absolute Gasteiger partial charge is 0.475 e. The summed E-state index contributed by atoms with van der Waals surface area (Å²) < 4.78 is 33.8. The molecule has 0 spiro atoms. The predicted octanol–water partition coefficient (Wildman–Crippen LogP) is 4.25. The number of carbonyl (C=O) groups is 1. The van der Waals surface area contributed by atoms with Crippen LogP contribution in [0, 0.1) is 0 Å². The van der Waals surface area contributed by atoms with E-state index in [0.29, 0.717) is 6.54 Å². The molecule has 5 nitrogen and oxygen atoms in total. The topological polar surface area (TPSA) is 80.6 Å². The highest BCUT2D eigenvalue weighted by Gasteiger charge is 2.38. The lowest BCUT2D eigenvalue weighted by Gasteiger charge is -2.06. The summed E-state index contributed by atoms with van der Waals surface area (Å²) in [6.07, 6.45) is 0.801. The SMILES string of the molecule is NCc1ccc2ccc(-c3ccc4nccn4c3)cc2c1.O=C(O)C(F)(F)F. The minimum absolute atomic E-state index is 0.571. The molecule has 4 aromatic rings. The molecule has 4 rings (SSSR count). The first-order chi connectivity index (χ1) is 13.3. The minimum atomic E-state index is -5.08. The highest BCUT2D eigenvalue weighted by molar-refractivity contribution is 5.88. The Bertz CT molecular complexity index is 1140. The third-order valence-corrected chi connectivity index (χ3v) is 4.10. The molecule has 2 heterocycles. The van der Waals surface area contributed by atoms with Gasteiger partial charge >= 0.3 is 12.1 Å². The number of fused-ring (bicyclic) bond motifs is 2. The summed E-state index contributed by atoms with van der Waals surface area (Å²) in [6, 6.07) is 17.0. The summed E-state index contributed by atoms with van der Waals surface area (Å²) in [7, 11) is 0. The molecule has 0 unspecified atom stereocenters. The molecule has 0 atom stereocenters. The molecule has 2 aromatic heterocycles. The van der Waals surface area contributed by atoms with Crippen LogP contribution in [0.25, 0.3) is 27.5 Å². The molecule has 0 amide bonds. The van der Waals surface area contributed by atoms with Crippen LogP contribution in [0.1, 0.15) is 5.56 Å². The first-order valence-electron chi connectivity index (χ1n) is 8.24. The minimum Gasteiger partial charge on any atom is -0.475 e. The number of hydrogen-bond acceptors (Lipinski definition) is 3. The molecule has 0 saturated carbocycles. The summed E-state index contributed by atoms with van der Waals surface area (Å²) in [4.78, 5) is 13.2. The van der Waals surface area contributed by atoms with Crippen molar-refractivity contribution in [3.63, 3.8) is 0 Å². The summed E-state index contributed by atoms with van der Waals surface area (Å²) >= 11 is 0. The Morgan fingerprint density at radius 2 is 1.71 bits per heavy atom. The molecule has 0 aliphatic heterocycles. The van der Waals surface area contributed by atoms with E-state index >= 15 is 0 Å². The van der Waals surface area contributed by atoms with E-state index in [0.717, 1.165) is 11.2 Å². The summed E-state index contributed by atoms with van der Waals surface area (Å²) in [5.74, 6) is -2.76. The number of halogens is 3. The van der Waals surface area contributed by atoms with Gasteiger partial charge in [0.05, 0.1) is 0 Å². The zero-order valence-corrected chi connectivity index (χ0v) is 14.5. The van der Waals surface area contributed by atoms with E-state index in [-0.39, 0.29) is 0 Å². The van der Waals surface area contributed by atoms with Crippen molar-refractivity contribution in [3.05, 3.63) is 72.7 Å². The van der Waals surface area contributed by atoms with Crippen LogP contribution in [0.2, 0.25) is 0 Å². The Kier molecular flexibility index (Phi) is 5.32. The number of aliphatic carboxylic acids is 1. The summed E-state index contributed by atoms with van der Waals surface area (Å²) in [5, 5.41) is 9.58. The van der Waals surface area contributed by atoms with Crippen LogP contribution in [-0.4, -0.2) is 26.6 Å². The van der Waals surface area contributed by atoms with Crippen LogP contribution >= 0.6 is 0 Å². The molecule has 144 valence electrons. The van der Waals surface area contributed by atoms with Gasteiger partial charge in [-0.3, -0.25) is 0 Å². The highest BCUT2D eigenvalue weighted by Crippen LogP contribution is 2.25. The van der Waals surface area contributed by atoms with E-state index in [1.54, 1.807) is 0 Å². The van der Waals surface area contributed by atoms with Crippen LogP contribution in [0.3, 0.4) is 0 Å². The van der Waals surface area contributed by atoms with Crippen LogP contribution in [0.15, 0.2) is 67.1 Å². The molecular formula is C20H16F3N3O2. The number of carboxylic acids is 1. The molecule has 0 saturated heterocycles. The van der Waals surface area contributed by atoms with Gasteiger partial charge in [-0.1, -0.05) is 24.3 Å². The van der Waals surface area contributed by atoms with Crippen molar-refractivity contribution in [2.45, 2.75) is 12.7 Å². The summed E-state index contributed by atoms with van der Waals surface area (Å²) in [6.45, 7) is 0.571. The van der Waals surface area contributed by atoms with Gasteiger partial charge < -0.3 is 15.2 Å². The fourth-order valence-corrected chi connectivity index (χ4v) is 2.69. The number of benzene rings is 2. The van der Waals surface area contributed by atoms with Gasteiger partial charge in [0, 0.05) is 25.1 Å². The Morgan fingerprint density at radius 3 is 2.39 bits per heavy atom. The maximum atomic E-state index is 10.6. The third-order valence-electron chi connectivity index (χ3n) is 4.10. The van der Waals surface area contributed by atoms with Crippen LogP contribution < -0.4 is 5.73 Å². The van der Waals surface area contributed by atoms with Crippen molar-refractivity contribution in [1.29, 1.82) is 0 Å². The van der Waals surface area contributed by atoms with E-state index in [1.807, 2.05) is 22.9 Å². The Labute approximate surface area is 157 Å². The van der Waals surface area contributed by atoms with Crippen LogP contribution in [-0.2, 0) is 11.3 Å². The number of carboxylic acid groups (broad SMARTS) is 1. The standard InChI is InChI=1S/C18H15N3.C2HF3O2/c19-11-13-1-2-14-3-4-15(10-17(14)9-13)16-5-6-18-20-7-8-21(18)12-16;3-2(4,5)1(6)7/h1-10,12H,11,19H2;(H,6,7). The zero-order valence-electron chi connectivity index (χ0n) is 14.5. The third kappa shape index (κ3) is 4.29. The largest absolute Gasteiger partial charge is 0.490 e. The lowest BCUT2D eigenvalue weighted by atomic mass is 10.0. The van der Waals surface area contributed by atoms with Crippen molar-refractivity contribution >= 4 is 22.4 Å². The number of rotatable bonds is 2. The van der Waals surface area contributed by atoms with Gasteiger partial charge in [-0.25, -0.2) is 9.78 Å². The maximum Gasteiger partial charge on any atom is 0.490 e. The second kappa shape index (κ2) is 7.69. The number of imidazole rings is 1. The van der Waals surface area contributed by atoms with Crippen molar-refractivity contribution in [2.24, 2.45) is 5.73 Å². The van der Waals surface area contributed by atoms with Crippen molar-refractivity contribution in [2.75, 3.05) is 0 Å². The number of pyridine rings is 1. The highest BCUT2D eigenvalue weighted by atomic mass is 19.4. The molecular weight excluding hydrogens is 371 g/mol. The molecule has 0 radical (unpaired) electrons.